The molecule has 2 N–H and O–H groups in total. The average molecular weight is 228 g/mol. The van der Waals surface area contributed by atoms with Crippen molar-refractivity contribution < 1.29 is 9.53 Å². The molecule has 4 nitrogen and oxygen atoms in total. The van der Waals surface area contributed by atoms with Gasteiger partial charge in [0.2, 0.25) is 0 Å². The Labute approximate surface area is 99.1 Å². The molecule has 0 bridgehead atoms. The molecule has 0 radical (unpaired) electrons. The molecule has 1 aromatic heterocycles. The molecule has 2 aromatic rings. The average Bonchev–Trinajstić information content (AvgIpc) is 2.39. The lowest BCUT2D eigenvalue weighted by atomic mass is 10.1. The largest absolute Gasteiger partial charge is 0.464 e. The second-order valence-electron chi connectivity index (χ2n) is 3.51. The molecular formula is C13H12N2O2. The molecule has 0 saturated carbocycles. The third-order valence-electron chi connectivity index (χ3n) is 2.43. The Balaban J connectivity index is 2.36. The monoisotopic (exact) mass is 228 g/mol. The maximum Gasteiger partial charge on any atom is 0.356 e. The Morgan fingerprint density at radius 2 is 2.00 bits per heavy atom. The van der Waals surface area contributed by atoms with Gasteiger partial charge in [-0.25, -0.2) is 9.78 Å². The molecule has 0 fully saturated rings. The van der Waals surface area contributed by atoms with Crippen molar-refractivity contribution in [2.45, 2.75) is 0 Å². The Bertz CT molecular complexity index is 535. The first-order valence-corrected chi connectivity index (χ1v) is 5.11. The molecule has 0 aliphatic rings. The van der Waals surface area contributed by atoms with E-state index >= 15 is 0 Å². The van der Waals surface area contributed by atoms with Crippen molar-refractivity contribution >= 4 is 11.7 Å². The van der Waals surface area contributed by atoms with Gasteiger partial charge in [0, 0.05) is 23.0 Å². The smallest absolute Gasteiger partial charge is 0.356 e. The highest BCUT2D eigenvalue weighted by atomic mass is 16.5. The van der Waals surface area contributed by atoms with E-state index in [1.54, 1.807) is 18.3 Å². The van der Waals surface area contributed by atoms with Crippen molar-refractivity contribution in [3.05, 3.63) is 48.3 Å². The number of anilines is 1. The normalized spacial score (nSPS) is 9.94. The van der Waals surface area contributed by atoms with Crippen molar-refractivity contribution in [2.24, 2.45) is 0 Å². The number of nitrogens with zero attached hydrogens (tertiary/aromatic N) is 1. The number of pyridine rings is 1. The minimum atomic E-state index is -0.447. The molecule has 0 saturated heterocycles. The number of esters is 1. The summed E-state index contributed by atoms with van der Waals surface area (Å²) in [4.78, 5) is 15.3. The first-order valence-electron chi connectivity index (χ1n) is 5.11. The zero-order valence-electron chi connectivity index (χ0n) is 9.38. The molecular weight excluding hydrogens is 216 g/mol. The highest BCUT2D eigenvalue weighted by Crippen LogP contribution is 2.24. The first-order chi connectivity index (χ1) is 8.22. The zero-order chi connectivity index (χ0) is 12.3. The van der Waals surface area contributed by atoms with Crippen LogP contribution in [0.1, 0.15) is 10.5 Å². The summed E-state index contributed by atoms with van der Waals surface area (Å²) in [5.74, 6) is -0.447. The van der Waals surface area contributed by atoms with Gasteiger partial charge in [0.15, 0.2) is 0 Å². The van der Waals surface area contributed by atoms with Crippen LogP contribution in [0.15, 0.2) is 42.6 Å². The summed E-state index contributed by atoms with van der Waals surface area (Å²) >= 11 is 0. The fraction of sp³-hybridized carbons (Fsp3) is 0.0769. The van der Waals surface area contributed by atoms with Crippen molar-refractivity contribution in [3.8, 4) is 11.1 Å². The molecule has 1 heterocycles. The van der Waals surface area contributed by atoms with Crippen LogP contribution in [-0.4, -0.2) is 18.1 Å². The minimum absolute atomic E-state index is 0.283. The van der Waals surface area contributed by atoms with Gasteiger partial charge in [-0.2, -0.15) is 0 Å². The highest BCUT2D eigenvalue weighted by molar-refractivity contribution is 5.87. The predicted molar refractivity (Wildman–Crippen MR) is 65.4 cm³/mol. The summed E-state index contributed by atoms with van der Waals surface area (Å²) in [7, 11) is 1.33. The van der Waals surface area contributed by atoms with E-state index in [1.807, 2.05) is 24.3 Å². The Kier molecular flexibility index (Phi) is 3.05. The van der Waals surface area contributed by atoms with Gasteiger partial charge in [-0.3, -0.25) is 0 Å². The number of carbonyl (C=O) groups excluding carboxylic acids is 1. The molecule has 2 rings (SSSR count). The SMILES string of the molecule is COC(=O)c1ccc(-c2ccccc2N)cn1. The fourth-order valence-corrected chi connectivity index (χ4v) is 1.54. The summed E-state index contributed by atoms with van der Waals surface area (Å²) in [5.41, 5.74) is 8.59. The van der Waals surface area contributed by atoms with E-state index in [4.69, 9.17) is 5.73 Å². The van der Waals surface area contributed by atoms with Crippen LogP contribution in [0, 0.1) is 0 Å². The predicted octanol–water partition coefficient (Wildman–Crippen LogP) is 2.12. The zero-order valence-corrected chi connectivity index (χ0v) is 9.38. The molecule has 86 valence electrons. The summed E-state index contributed by atoms with van der Waals surface area (Å²) in [6.07, 6.45) is 1.61. The highest BCUT2D eigenvalue weighted by Gasteiger charge is 2.07. The van der Waals surface area contributed by atoms with Crippen LogP contribution >= 0.6 is 0 Å². The van der Waals surface area contributed by atoms with Gasteiger partial charge in [-0.15, -0.1) is 0 Å². The van der Waals surface area contributed by atoms with Gasteiger partial charge in [0.05, 0.1) is 7.11 Å². The van der Waals surface area contributed by atoms with Gasteiger partial charge in [0.1, 0.15) is 5.69 Å². The number of methoxy groups -OCH3 is 1. The van der Waals surface area contributed by atoms with Crippen LogP contribution in [0.2, 0.25) is 0 Å². The molecule has 4 heteroatoms. The molecule has 0 spiro atoms. The fourth-order valence-electron chi connectivity index (χ4n) is 1.54. The summed E-state index contributed by atoms with van der Waals surface area (Å²) in [6, 6.07) is 10.9. The van der Waals surface area contributed by atoms with Gasteiger partial charge >= 0.3 is 5.97 Å². The van der Waals surface area contributed by atoms with Crippen LogP contribution in [0.25, 0.3) is 11.1 Å². The van der Waals surface area contributed by atoms with E-state index in [-0.39, 0.29) is 5.69 Å². The second kappa shape index (κ2) is 4.65. The lowest BCUT2D eigenvalue weighted by Gasteiger charge is -2.05. The standard InChI is InChI=1S/C13H12N2O2/c1-17-13(16)12-7-6-9(8-15-12)10-4-2-3-5-11(10)14/h2-8H,14H2,1H3. The van der Waals surface area contributed by atoms with Crippen LogP contribution < -0.4 is 5.73 Å². The number of nitrogens with two attached hydrogens (primary N) is 1. The molecule has 0 aliphatic carbocycles. The van der Waals surface area contributed by atoms with E-state index in [0.29, 0.717) is 5.69 Å². The topological polar surface area (TPSA) is 65.2 Å². The van der Waals surface area contributed by atoms with Gasteiger partial charge in [-0.1, -0.05) is 24.3 Å². The number of benzene rings is 1. The van der Waals surface area contributed by atoms with Gasteiger partial charge in [0.25, 0.3) is 0 Å². The number of rotatable bonds is 2. The van der Waals surface area contributed by atoms with Crippen molar-refractivity contribution in [1.82, 2.24) is 4.98 Å². The third-order valence-corrected chi connectivity index (χ3v) is 2.43. The van der Waals surface area contributed by atoms with Crippen LogP contribution in [0.3, 0.4) is 0 Å². The van der Waals surface area contributed by atoms with Crippen molar-refractivity contribution in [3.63, 3.8) is 0 Å². The van der Waals surface area contributed by atoms with E-state index in [1.165, 1.54) is 7.11 Å². The van der Waals surface area contributed by atoms with E-state index < -0.39 is 5.97 Å². The van der Waals surface area contributed by atoms with E-state index in [2.05, 4.69) is 9.72 Å². The summed E-state index contributed by atoms with van der Waals surface area (Å²) in [5, 5.41) is 0. The van der Waals surface area contributed by atoms with E-state index in [0.717, 1.165) is 11.1 Å². The van der Waals surface area contributed by atoms with E-state index in [9.17, 15) is 4.79 Å². The Hall–Kier alpha value is -2.36. The molecule has 0 aliphatic heterocycles. The lowest BCUT2D eigenvalue weighted by molar-refractivity contribution is 0.0594. The molecule has 0 amide bonds. The third kappa shape index (κ3) is 2.25. The summed E-state index contributed by atoms with van der Waals surface area (Å²) in [6.45, 7) is 0. The molecule has 17 heavy (non-hydrogen) atoms. The van der Waals surface area contributed by atoms with Crippen molar-refractivity contribution in [1.29, 1.82) is 0 Å². The number of hydrogen-bond donors (Lipinski definition) is 1. The van der Waals surface area contributed by atoms with Gasteiger partial charge < -0.3 is 10.5 Å². The van der Waals surface area contributed by atoms with Crippen LogP contribution in [0.5, 0.6) is 0 Å². The first kappa shape index (κ1) is 11.1. The maximum atomic E-state index is 11.2. The number of para-hydroxylation sites is 1. The number of aromatic nitrogens is 1. The van der Waals surface area contributed by atoms with Gasteiger partial charge in [-0.05, 0) is 12.1 Å². The quantitative estimate of drug-likeness (QED) is 0.631. The number of nitrogen functional groups attached to an aromatic ring is 1. The van der Waals surface area contributed by atoms with Crippen LogP contribution in [0.4, 0.5) is 5.69 Å². The van der Waals surface area contributed by atoms with Crippen LogP contribution in [-0.2, 0) is 4.74 Å². The second-order valence-corrected chi connectivity index (χ2v) is 3.51. The minimum Gasteiger partial charge on any atom is -0.464 e. The number of ether oxygens (including phenoxy) is 1. The summed E-state index contributed by atoms with van der Waals surface area (Å²) < 4.78 is 4.58. The molecule has 1 aromatic carbocycles. The maximum absolute atomic E-state index is 11.2. The molecule has 0 unspecified atom stereocenters. The Morgan fingerprint density at radius 3 is 2.59 bits per heavy atom. The molecule has 0 atom stereocenters. The Morgan fingerprint density at radius 1 is 1.24 bits per heavy atom. The number of carbonyl (C=O) groups is 1. The lowest BCUT2D eigenvalue weighted by Crippen LogP contribution is -2.03. The van der Waals surface area contributed by atoms with Crippen molar-refractivity contribution in [2.75, 3.05) is 12.8 Å². The number of hydrogen-bond acceptors (Lipinski definition) is 4.